The number of fused-ring (bicyclic) bond motifs is 3. The molecule has 0 aliphatic carbocycles. The first-order valence-corrected chi connectivity index (χ1v) is 19.1. The molecule has 2 unspecified atom stereocenters. The summed E-state index contributed by atoms with van der Waals surface area (Å²) >= 11 is 0. The Labute approximate surface area is 312 Å². The first-order valence-electron chi connectivity index (χ1n) is 19.1. The molecule has 5 aliphatic rings. The Morgan fingerprint density at radius 2 is 1.38 bits per heavy atom. The Morgan fingerprint density at radius 3 is 2.00 bits per heavy atom. The Hall–Kier alpha value is -4.64. The summed E-state index contributed by atoms with van der Waals surface area (Å²) < 4.78 is 17.2. The monoisotopic (exact) mass is 720 g/mol. The van der Waals surface area contributed by atoms with Crippen molar-refractivity contribution in [2.24, 2.45) is 9.98 Å². The Kier molecular flexibility index (Phi) is 8.71. The molecule has 5 heterocycles. The molecule has 3 saturated heterocycles. The van der Waals surface area contributed by atoms with Gasteiger partial charge in [0.15, 0.2) is 0 Å². The number of carbonyl (C=O) groups excluding carboxylic acids is 2. The number of ether oxygens (including phenoxy) is 3. The van der Waals surface area contributed by atoms with Crippen LogP contribution in [0.1, 0.15) is 91.3 Å². The summed E-state index contributed by atoms with van der Waals surface area (Å²) in [4.78, 5) is 40.2. The van der Waals surface area contributed by atoms with Crippen molar-refractivity contribution in [1.82, 2.24) is 15.1 Å². The number of rotatable bonds is 4. The number of anilines is 1. The first-order chi connectivity index (χ1) is 25.2. The average Bonchev–Trinajstić information content (AvgIpc) is 3.85. The summed E-state index contributed by atoms with van der Waals surface area (Å²) in [7, 11) is 0. The highest BCUT2D eigenvalue weighted by atomic mass is 16.6. The zero-order chi connectivity index (χ0) is 37.3. The van der Waals surface area contributed by atoms with E-state index in [2.05, 4.69) is 72.2 Å². The summed E-state index contributed by atoms with van der Waals surface area (Å²) in [5, 5.41) is 9.54. The number of amidine groups is 2. The van der Waals surface area contributed by atoms with Gasteiger partial charge in [0.25, 0.3) is 0 Å². The van der Waals surface area contributed by atoms with Crippen molar-refractivity contribution >= 4 is 40.3 Å². The van der Waals surface area contributed by atoms with Gasteiger partial charge < -0.3 is 24.8 Å². The number of aliphatic imine (C=N–C) groups is 2. The lowest BCUT2D eigenvalue weighted by molar-refractivity contribution is -0.0558. The Morgan fingerprint density at radius 1 is 0.792 bits per heavy atom. The number of hydrogen-bond donors (Lipinski definition) is 2. The molecule has 0 bridgehead atoms. The standard InChI is InChI=1S/C42H52N6O5/c1-25-35(45-36(43-25)33-10-8-18-47(33)38(49)52-40(2,3)4)30-15-14-26-20-27(12-13-28(26)21-30)29-16-17-31-32(22-29)44-37(46-42(31)23-51-24-42)34-11-9-19-48(34)39(50)53-41(5,6)7/h12-17,20-22,25,33-35H,8-11,18-19,23-24H2,1-7H3,(H,43,45)(H,44,46)/t25?,33-,34-,35?/m0/s1. The van der Waals surface area contributed by atoms with E-state index in [0.29, 0.717) is 26.3 Å². The van der Waals surface area contributed by atoms with E-state index >= 15 is 0 Å². The third kappa shape index (κ3) is 6.84. The summed E-state index contributed by atoms with van der Waals surface area (Å²) in [5.41, 5.74) is 3.94. The van der Waals surface area contributed by atoms with Gasteiger partial charge in [0.2, 0.25) is 0 Å². The minimum absolute atomic E-state index is 0.0494. The predicted octanol–water partition coefficient (Wildman–Crippen LogP) is 7.79. The molecule has 3 aromatic rings. The molecule has 1 spiro atoms. The van der Waals surface area contributed by atoms with Crippen LogP contribution < -0.4 is 10.6 Å². The molecule has 2 amide bonds. The van der Waals surface area contributed by atoms with Crippen LogP contribution in [0, 0.1) is 0 Å². The lowest BCUT2D eigenvalue weighted by Crippen LogP contribution is -2.53. The van der Waals surface area contributed by atoms with E-state index in [-0.39, 0.29) is 36.4 Å². The fourth-order valence-corrected chi connectivity index (χ4v) is 8.33. The van der Waals surface area contributed by atoms with E-state index in [1.54, 1.807) is 0 Å². The fraction of sp³-hybridized carbons (Fsp3) is 0.524. The molecule has 0 aromatic heterocycles. The van der Waals surface area contributed by atoms with E-state index in [1.807, 2.05) is 51.3 Å². The molecule has 0 saturated carbocycles. The van der Waals surface area contributed by atoms with Crippen LogP contribution >= 0.6 is 0 Å². The SMILES string of the molecule is CC1NC([C@@H]2CCCN2C(=O)OC(C)(C)C)=NC1c1ccc2cc(-c3ccc4c(c3)NC([C@@H]3CCCN3C(=O)OC(C)(C)C)=NC43COC3)ccc2c1. The van der Waals surface area contributed by atoms with Gasteiger partial charge in [-0.05, 0) is 120 Å². The average molecular weight is 721 g/mol. The molecular weight excluding hydrogens is 668 g/mol. The van der Waals surface area contributed by atoms with Crippen molar-refractivity contribution in [3.05, 3.63) is 65.7 Å². The molecule has 8 rings (SSSR count). The highest BCUT2D eigenvalue weighted by Gasteiger charge is 2.47. The van der Waals surface area contributed by atoms with Gasteiger partial charge in [-0.2, -0.15) is 0 Å². The molecule has 3 fully saturated rings. The van der Waals surface area contributed by atoms with Gasteiger partial charge in [0.05, 0.1) is 37.4 Å². The summed E-state index contributed by atoms with van der Waals surface area (Å²) in [6, 6.07) is 19.5. The topological polar surface area (TPSA) is 117 Å². The third-order valence-corrected chi connectivity index (χ3v) is 10.9. The van der Waals surface area contributed by atoms with Crippen LogP contribution in [-0.4, -0.2) is 89.3 Å². The van der Waals surface area contributed by atoms with Gasteiger partial charge in [0, 0.05) is 24.3 Å². The second-order valence-electron chi connectivity index (χ2n) is 17.3. The maximum atomic E-state index is 13.2. The highest BCUT2D eigenvalue weighted by Crippen LogP contribution is 2.44. The van der Waals surface area contributed by atoms with E-state index in [4.69, 9.17) is 24.2 Å². The minimum atomic E-state index is -0.566. The largest absolute Gasteiger partial charge is 0.444 e. The molecular formula is C42H52N6O5. The molecule has 53 heavy (non-hydrogen) atoms. The smallest absolute Gasteiger partial charge is 0.410 e. The van der Waals surface area contributed by atoms with Crippen LogP contribution in [0.2, 0.25) is 0 Å². The van der Waals surface area contributed by atoms with Crippen LogP contribution in [0.5, 0.6) is 0 Å². The number of amides is 2. The Balaban J connectivity index is 1.02. The third-order valence-electron chi connectivity index (χ3n) is 10.9. The van der Waals surface area contributed by atoms with Crippen molar-refractivity contribution in [1.29, 1.82) is 0 Å². The van der Waals surface area contributed by atoms with Crippen LogP contribution in [0.15, 0.2) is 64.6 Å². The van der Waals surface area contributed by atoms with Crippen molar-refractivity contribution in [2.45, 2.75) is 115 Å². The van der Waals surface area contributed by atoms with Crippen molar-refractivity contribution in [2.75, 3.05) is 31.6 Å². The van der Waals surface area contributed by atoms with Crippen molar-refractivity contribution in [3.8, 4) is 11.1 Å². The van der Waals surface area contributed by atoms with Gasteiger partial charge in [-0.15, -0.1) is 0 Å². The maximum absolute atomic E-state index is 13.2. The number of nitrogens with zero attached hydrogens (tertiary/aromatic N) is 4. The van der Waals surface area contributed by atoms with Gasteiger partial charge in [-0.25, -0.2) is 9.59 Å². The molecule has 11 heteroatoms. The van der Waals surface area contributed by atoms with Crippen LogP contribution in [-0.2, 0) is 19.7 Å². The number of benzene rings is 3. The van der Waals surface area contributed by atoms with Crippen LogP contribution in [0.4, 0.5) is 15.3 Å². The molecule has 280 valence electrons. The van der Waals surface area contributed by atoms with E-state index < -0.39 is 16.7 Å². The summed E-state index contributed by atoms with van der Waals surface area (Å²) in [5.74, 6) is 1.68. The van der Waals surface area contributed by atoms with E-state index in [0.717, 1.165) is 76.1 Å². The predicted molar refractivity (Wildman–Crippen MR) is 208 cm³/mol. The van der Waals surface area contributed by atoms with Gasteiger partial charge in [-0.1, -0.05) is 36.4 Å². The molecule has 0 radical (unpaired) electrons. The normalized spacial score (nSPS) is 25.0. The molecule has 11 nitrogen and oxygen atoms in total. The van der Waals surface area contributed by atoms with E-state index in [1.165, 1.54) is 0 Å². The fourth-order valence-electron chi connectivity index (χ4n) is 8.33. The van der Waals surface area contributed by atoms with E-state index in [9.17, 15) is 9.59 Å². The molecule has 4 atom stereocenters. The zero-order valence-corrected chi connectivity index (χ0v) is 32.0. The van der Waals surface area contributed by atoms with Gasteiger partial charge in [-0.3, -0.25) is 19.8 Å². The first kappa shape index (κ1) is 35.4. The minimum Gasteiger partial charge on any atom is -0.444 e. The van der Waals surface area contributed by atoms with Crippen LogP contribution in [0.25, 0.3) is 21.9 Å². The second kappa shape index (κ2) is 13.0. The van der Waals surface area contributed by atoms with Crippen molar-refractivity contribution < 1.29 is 23.8 Å². The molecule has 3 aromatic carbocycles. The number of nitrogens with one attached hydrogen (secondary N) is 2. The highest BCUT2D eigenvalue weighted by molar-refractivity contribution is 6.04. The number of likely N-dealkylation sites (tertiary alicyclic amines) is 2. The Bertz CT molecular complexity index is 2010. The van der Waals surface area contributed by atoms with Gasteiger partial charge >= 0.3 is 12.2 Å². The molecule has 5 aliphatic heterocycles. The molecule has 2 N–H and O–H groups in total. The maximum Gasteiger partial charge on any atom is 0.410 e. The lowest BCUT2D eigenvalue weighted by atomic mass is 9.84. The number of hydrogen-bond acceptors (Lipinski definition) is 9. The summed E-state index contributed by atoms with van der Waals surface area (Å²) in [6.45, 7) is 15.9. The quantitative estimate of drug-likeness (QED) is 0.283. The van der Waals surface area contributed by atoms with Gasteiger partial charge in [0.1, 0.15) is 28.4 Å². The number of carbonyl (C=O) groups is 2. The lowest BCUT2D eigenvalue weighted by Gasteiger charge is -2.44. The zero-order valence-electron chi connectivity index (χ0n) is 32.0. The van der Waals surface area contributed by atoms with Crippen LogP contribution in [0.3, 0.4) is 0 Å². The second-order valence-corrected chi connectivity index (χ2v) is 17.3. The van der Waals surface area contributed by atoms with Crippen molar-refractivity contribution in [3.63, 3.8) is 0 Å². The summed E-state index contributed by atoms with van der Waals surface area (Å²) in [6.07, 6.45) is 2.96.